The Bertz CT molecular complexity index is 962. The van der Waals surface area contributed by atoms with Gasteiger partial charge in [-0.1, -0.05) is 6.07 Å². The Morgan fingerprint density at radius 1 is 1.15 bits per heavy atom. The number of furan rings is 1. The molecular formula is C20H24N2O4S. The van der Waals surface area contributed by atoms with Gasteiger partial charge in [-0.25, -0.2) is 9.00 Å². The van der Waals surface area contributed by atoms with Crippen molar-refractivity contribution in [1.29, 1.82) is 0 Å². The summed E-state index contributed by atoms with van der Waals surface area (Å²) < 4.78 is 21.4. The third kappa shape index (κ3) is 3.53. The minimum atomic E-state index is -2.36. The topological polar surface area (TPSA) is 91.9 Å². The molecule has 0 aliphatic heterocycles. The van der Waals surface area contributed by atoms with Gasteiger partial charge in [-0.2, -0.15) is 0 Å². The van der Waals surface area contributed by atoms with Gasteiger partial charge in [-0.15, -0.1) is 4.36 Å². The van der Waals surface area contributed by atoms with Gasteiger partial charge in [0.2, 0.25) is 0 Å². The molecule has 2 aromatic rings. The number of amides is 2. The van der Waals surface area contributed by atoms with E-state index in [0.717, 1.165) is 44.2 Å². The van der Waals surface area contributed by atoms with Crippen LogP contribution in [0, 0.1) is 0 Å². The number of benzene rings is 1. The van der Waals surface area contributed by atoms with Crippen LogP contribution in [-0.2, 0) is 41.9 Å². The van der Waals surface area contributed by atoms with E-state index in [1.54, 1.807) is 13.8 Å². The fourth-order valence-corrected chi connectivity index (χ4v) is 4.68. The van der Waals surface area contributed by atoms with Gasteiger partial charge in [0, 0.05) is 11.3 Å². The van der Waals surface area contributed by atoms with Gasteiger partial charge in [0.1, 0.15) is 10.6 Å². The molecule has 0 saturated heterocycles. The summed E-state index contributed by atoms with van der Waals surface area (Å²) in [4.78, 5) is 12.4. The number of thiol groups is 1. The van der Waals surface area contributed by atoms with Crippen LogP contribution in [0.1, 0.15) is 54.5 Å². The molecular weight excluding hydrogens is 364 g/mol. The number of anilines is 1. The fraction of sp³-hybridized carbons (Fsp3) is 0.450. The molecule has 2 amide bonds. The van der Waals surface area contributed by atoms with Crippen molar-refractivity contribution in [1.82, 2.24) is 0 Å². The number of carbonyl (C=O) groups excluding carboxylic acids is 1. The van der Waals surface area contributed by atoms with Crippen molar-refractivity contribution in [3.63, 3.8) is 0 Å². The standard InChI is InChI=1S/C20H24N2O4S/c1-20(2,24)14-10-17(26-11-14)27(25)22-19(23)21-18-15-7-3-5-12(15)9-13-6-4-8-16(13)18/h9-11,24,27H,3-8H2,1-2H3,(H,21,23). The molecule has 0 spiro atoms. The van der Waals surface area contributed by atoms with Gasteiger partial charge in [0.15, 0.2) is 5.09 Å². The SMILES string of the molecule is CC(C)(O)c1coc(/[SH](=O)=N/C(=O)Nc2c3c(cc4c2CCC4)CCC3)c1. The van der Waals surface area contributed by atoms with Crippen LogP contribution in [0.15, 0.2) is 32.3 Å². The number of hydrogen-bond donors (Lipinski definition) is 3. The second-order valence-corrected chi connectivity index (χ2v) is 8.96. The summed E-state index contributed by atoms with van der Waals surface area (Å²) in [6, 6.07) is 3.15. The minimum Gasteiger partial charge on any atom is -0.455 e. The highest BCUT2D eigenvalue weighted by molar-refractivity contribution is 7.75. The number of nitrogens with zero attached hydrogens (tertiary/aromatic N) is 1. The van der Waals surface area contributed by atoms with E-state index in [0.29, 0.717) is 5.56 Å². The predicted molar refractivity (Wildman–Crippen MR) is 104 cm³/mol. The third-order valence-corrected chi connectivity index (χ3v) is 6.34. The molecule has 7 heteroatoms. The number of rotatable bonds is 3. The summed E-state index contributed by atoms with van der Waals surface area (Å²) in [5.74, 6) is 0. The number of aryl methyl sites for hydroxylation is 2. The number of nitrogens with one attached hydrogen (secondary N) is 1. The van der Waals surface area contributed by atoms with E-state index >= 15 is 0 Å². The average Bonchev–Trinajstić information content (AvgIpc) is 3.33. The van der Waals surface area contributed by atoms with Gasteiger partial charge >= 0.3 is 6.03 Å². The first-order valence-corrected chi connectivity index (χ1v) is 10.5. The second kappa shape index (κ2) is 6.80. The Labute approximate surface area is 160 Å². The van der Waals surface area contributed by atoms with E-state index in [2.05, 4.69) is 15.7 Å². The lowest BCUT2D eigenvalue weighted by Gasteiger charge is -2.14. The van der Waals surface area contributed by atoms with Crippen LogP contribution in [0.5, 0.6) is 0 Å². The van der Waals surface area contributed by atoms with Crippen LogP contribution in [-0.4, -0.2) is 15.3 Å². The van der Waals surface area contributed by atoms with E-state index in [1.165, 1.54) is 34.6 Å². The Kier molecular flexibility index (Phi) is 4.60. The molecule has 6 nitrogen and oxygen atoms in total. The van der Waals surface area contributed by atoms with E-state index in [9.17, 15) is 14.1 Å². The quantitative estimate of drug-likeness (QED) is 0.699. The van der Waals surface area contributed by atoms with Crippen molar-refractivity contribution < 1.29 is 18.5 Å². The monoisotopic (exact) mass is 388 g/mol. The zero-order chi connectivity index (χ0) is 19.2. The molecule has 2 aliphatic rings. The summed E-state index contributed by atoms with van der Waals surface area (Å²) >= 11 is 0. The maximum Gasteiger partial charge on any atom is 0.353 e. The van der Waals surface area contributed by atoms with E-state index in [1.807, 2.05) is 0 Å². The van der Waals surface area contributed by atoms with Crippen LogP contribution in [0.25, 0.3) is 0 Å². The highest BCUT2D eigenvalue weighted by Crippen LogP contribution is 2.38. The number of hydrogen-bond acceptors (Lipinski definition) is 4. The molecule has 144 valence electrons. The maximum atomic E-state index is 12.4. The molecule has 0 radical (unpaired) electrons. The first-order chi connectivity index (χ1) is 12.8. The normalized spacial score (nSPS) is 17.0. The number of fused-ring (bicyclic) bond motifs is 2. The van der Waals surface area contributed by atoms with Crippen LogP contribution in [0.4, 0.5) is 10.5 Å². The predicted octanol–water partition coefficient (Wildman–Crippen LogP) is 3.74. The van der Waals surface area contributed by atoms with Gasteiger partial charge in [0.25, 0.3) is 0 Å². The smallest absolute Gasteiger partial charge is 0.353 e. The summed E-state index contributed by atoms with van der Waals surface area (Å²) in [6.07, 6.45) is 7.53. The van der Waals surface area contributed by atoms with E-state index < -0.39 is 22.2 Å². The van der Waals surface area contributed by atoms with Crippen LogP contribution >= 0.6 is 0 Å². The Balaban J connectivity index is 1.59. The fourth-order valence-electron chi connectivity index (χ4n) is 3.98. The Morgan fingerprint density at radius 3 is 2.33 bits per heavy atom. The third-order valence-electron chi connectivity index (χ3n) is 5.37. The zero-order valence-corrected chi connectivity index (χ0v) is 16.4. The van der Waals surface area contributed by atoms with Crippen LogP contribution in [0.3, 0.4) is 0 Å². The molecule has 1 unspecified atom stereocenters. The van der Waals surface area contributed by atoms with Crippen molar-refractivity contribution in [2.24, 2.45) is 4.36 Å². The lowest BCUT2D eigenvalue weighted by atomic mass is 9.99. The molecule has 0 bridgehead atoms. The Hall–Kier alpha value is -2.12. The van der Waals surface area contributed by atoms with Gasteiger partial charge < -0.3 is 14.8 Å². The van der Waals surface area contributed by atoms with E-state index in [4.69, 9.17) is 4.42 Å². The highest BCUT2D eigenvalue weighted by atomic mass is 32.2. The lowest BCUT2D eigenvalue weighted by Crippen LogP contribution is -2.13. The zero-order valence-electron chi connectivity index (χ0n) is 15.5. The maximum absolute atomic E-state index is 12.4. The first-order valence-electron chi connectivity index (χ1n) is 9.30. The molecule has 1 heterocycles. The van der Waals surface area contributed by atoms with Gasteiger partial charge in [-0.3, -0.25) is 0 Å². The summed E-state index contributed by atoms with van der Waals surface area (Å²) in [5, 5.41) is 13.0. The van der Waals surface area contributed by atoms with Crippen LogP contribution < -0.4 is 5.32 Å². The Morgan fingerprint density at radius 2 is 1.78 bits per heavy atom. The number of urea groups is 1. The number of aliphatic hydroxyl groups is 1. The van der Waals surface area contributed by atoms with Crippen molar-refractivity contribution in [3.05, 3.63) is 46.2 Å². The van der Waals surface area contributed by atoms with Crippen LogP contribution in [0.2, 0.25) is 0 Å². The molecule has 1 aromatic heterocycles. The molecule has 0 saturated carbocycles. The largest absolute Gasteiger partial charge is 0.455 e. The first kappa shape index (κ1) is 18.3. The van der Waals surface area contributed by atoms with Crippen molar-refractivity contribution in [2.75, 3.05) is 5.32 Å². The molecule has 1 aromatic carbocycles. The molecule has 27 heavy (non-hydrogen) atoms. The van der Waals surface area contributed by atoms with E-state index in [-0.39, 0.29) is 5.09 Å². The minimum absolute atomic E-state index is 0.0841. The molecule has 2 aliphatic carbocycles. The highest BCUT2D eigenvalue weighted by Gasteiger charge is 2.25. The summed E-state index contributed by atoms with van der Waals surface area (Å²) in [5.41, 5.74) is 5.31. The summed E-state index contributed by atoms with van der Waals surface area (Å²) in [6.45, 7) is 3.21. The lowest BCUT2D eigenvalue weighted by molar-refractivity contribution is 0.0779. The number of carbonyl (C=O) groups is 1. The molecule has 0 fully saturated rings. The van der Waals surface area contributed by atoms with Gasteiger partial charge in [0.05, 0.1) is 11.9 Å². The molecule has 4 rings (SSSR count). The average molecular weight is 388 g/mol. The van der Waals surface area contributed by atoms with Crippen molar-refractivity contribution in [2.45, 2.75) is 63.1 Å². The summed E-state index contributed by atoms with van der Waals surface area (Å²) in [7, 11) is -2.36. The molecule has 2 N–H and O–H groups in total. The molecule has 1 atom stereocenters. The second-order valence-electron chi connectivity index (χ2n) is 7.77. The van der Waals surface area contributed by atoms with Crippen molar-refractivity contribution in [3.8, 4) is 0 Å². The van der Waals surface area contributed by atoms with Crippen molar-refractivity contribution >= 4 is 22.3 Å². The van der Waals surface area contributed by atoms with Gasteiger partial charge in [-0.05, 0) is 80.7 Å².